The quantitative estimate of drug-likeness (QED) is 0.735. The Kier molecular flexibility index (Phi) is 6.82. The number of rotatable bonds is 8. The van der Waals surface area contributed by atoms with Crippen LogP contribution in [0.3, 0.4) is 0 Å². The molecule has 0 bridgehead atoms. The molecule has 0 saturated heterocycles. The standard InChI is InChI=1S/C22H28N2O5/c1-15(16-8-9-18-20(12-16)29-11-10-28-18)23-21(25)14-24(2)13-17-6-5-7-19(26-3)22(17)27-4/h5-9,12,15H,10-11,13-14H2,1-4H3,(H,23,25). The highest BCUT2D eigenvalue weighted by Crippen LogP contribution is 2.33. The predicted molar refractivity (Wildman–Crippen MR) is 110 cm³/mol. The maximum absolute atomic E-state index is 12.5. The lowest BCUT2D eigenvalue weighted by atomic mass is 10.1. The van der Waals surface area contributed by atoms with E-state index in [9.17, 15) is 4.79 Å². The summed E-state index contributed by atoms with van der Waals surface area (Å²) in [5.41, 5.74) is 1.93. The first kappa shape index (κ1) is 20.8. The van der Waals surface area contributed by atoms with E-state index in [4.69, 9.17) is 18.9 Å². The molecule has 1 aliphatic rings. The number of hydrogen-bond donors (Lipinski definition) is 1. The number of hydrogen-bond acceptors (Lipinski definition) is 6. The van der Waals surface area contributed by atoms with Gasteiger partial charge in [0.25, 0.3) is 0 Å². The van der Waals surface area contributed by atoms with Gasteiger partial charge in [0.15, 0.2) is 23.0 Å². The summed E-state index contributed by atoms with van der Waals surface area (Å²) in [6, 6.07) is 11.3. The second-order valence-electron chi connectivity index (χ2n) is 7.02. The Hall–Kier alpha value is -2.93. The number of likely N-dealkylation sites (N-methyl/N-ethyl adjacent to an activating group) is 1. The first-order chi connectivity index (χ1) is 14.0. The van der Waals surface area contributed by atoms with Gasteiger partial charge in [0.2, 0.25) is 5.91 Å². The van der Waals surface area contributed by atoms with E-state index in [2.05, 4.69) is 5.32 Å². The number of para-hydroxylation sites is 1. The normalized spacial score (nSPS) is 13.7. The second-order valence-corrected chi connectivity index (χ2v) is 7.02. The van der Waals surface area contributed by atoms with Crippen LogP contribution in [0.2, 0.25) is 0 Å². The maximum atomic E-state index is 12.5. The summed E-state index contributed by atoms with van der Waals surface area (Å²) in [7, 11) is 5.12. The van der Waals surface area contributed by atoms with Crippen molar-refractivity contribution in [1.82, 2.24) is 10.2 Å². The monoisotopic (exact) mass is 400 g/mol. The molecule has 1 aliphatic heterocycles. The topological polar surface area (TPSA) is 69.3 Å². The fourth-order valence-electron chi connectivity index (χ4n) is 3.37. The van der Waals surface area contributed by atoms with Gasteiger partial charge in [0.1, 0.15) is 13.2 Å². The summed E-state index contributed by atoms with van der Waals surface area (Å²) in [4.78, 5) is 14.5. The van der Waals surface area contributed by atoms with E-state index in [-0.39, 0.29) is 18.5 Å². The fraction of sp³-hybridized carbons (Fsp3) is 0.409. The van der Waals surface area contributed by atoms with Crippen molar-refractivity contribution in [2.75, 3.05) is 41.0 Å². The molecule has 1 N–H and O–H groups in total. The lowest BCUT2D eigenvalue weighted by molar-refractivity contribution is -0.122. The molecule has 0 aromatic heterocycles. The van der Waals surface area contributed by atoms with Crippen molar-refractivity contribution in [3.63, 3.8) is 0 Å². The number of benzene rings is 2. The van der Waals surface area contributed by atoms with Gasteiger partial charge in [-0.15, -0.1) is 0 Å². The predicted octanol–water partition coefficient (Wildman–Crippen LogP) is 2.78. The van der Waals surface area contributed by atoms with Crippen LogP contribution in [0.5, 0.6) is 23.0 Å². The molecule has 0 aliphatic carbocycles. The minimum Gasteiger partial charge on any atom is -0.493 e. The number of amides is 1. The minimum absolute atomic E-state index is 0.0586. The van der Waals surface area contributed by atoms with Gasteiger partial charge in [-0.05, 0) is 37.7 Å². The Morgan fingerprint density at radius 3 is 2.62 bits per heavy atom. The Balaban J connectivity index is 1.58. The number of ether oxygens (including phenoxy) is 4. The lowest BCUT2D eigenvalue weighted by Crippen LogP contribution is -2.36. The first-order valence-electron chi connectivity index (χ1n) is 9.59. The molecule has 156 valence electrons. The molecular formula is C22H28N2O5. The average Bonchev–Trinajstić information content (AvgIpc) is 2.72. The van der Waals surface area contributed by atoms with Gasteiger partial charge in [-0.25, -0.2) is 0 Å². The van der Waals surface area contributed by atoms with Gasteiger partial charge in [-0.2, -0.15) is 0 Å². The van der Waals surface area contributed by atoms with Crippen molar-refractivity contribution in [2.45, 2.75) is 19.5 Å². The third-order valence-corrected chi connectivity index (χ3v) is 4.78. The van der Waals surface area contributed by atoms with Crippen molar-refractivity contribution < 1.29 is 23.7 Å². The van der Waals surface area contributed by atoms with Gasteiger partial charge in [0.05, 0.1) is 26.8 Å². The minimum atomic E-state index is -0.141. The van der Waals surface area contributed by atoms with Gasteiger partial charge >= 0.3 is 0 Å². The van der Waals surface area contributed by atoms with Crippen LogP contribution in [0.4, 0.5) is 0 Å². The molecule has 0 fully saturated rings. The van der Waals surface area contributed by atoms with Gasteiger partial charge in [0, 0.05) is 12.1 Å². The summed E-state index contributed by atoms with van der Waals surface area (Å²) in [6.45, 7) is 3.87. The molecule has 0 radical (unpaired) electrons. The molecule has 2 aromatic carbocycles. The van der Waals surface area contributed by atoms with Crippen LogP contribution >= 0.6 is 0 Å². The van der Waals surface area contributed by atoms with Gasteiger partial charge in [-0.1, -0.05) is 18.2 Å². The highest BCUT2D eigenvalue weighted by Gasteiger charge is 2.17. The third-order valence-electron chi connectivity index (χ3n) is 4.78. The van der Waals surface area contributed by atoms with Crippen molar-refractivity contribution in [3.8, 4) is 23.0 Å². The van der Waals surface area contributed by atoms with Crippen LogP contribution in [-0.4, -0.2) is 51.8 Å². The summed E-state index contributed by atoms with van der Waals surface area (Å²) >= 11 is 0. The van der Waals surface area contributed by atoms with Crippen LogP contribution in [-0.2, 0) is 11.3 Å². The fourth-order valence-corrected chi connectivity index (χ4v) is 3.37. The van der Waals surface area contributed by atoms with Crippen LogP contribution < -0.4 is 24.3 Å². The zero-order valence-electron chi connectivity index (χ0n) is 17.4. The Morgan fingerprint density at radius 1 is 1.14 bits per heavy atom. The van der Waals surface area contributed by atoms with E-state index in [1.54, 1.807) is 14.2 Å². The molecule has 1 unspecified atom stereocenters. The van der Waals surface area contributed by atoms with Crippen LogP contribution in [0, 0.1) is 0 Å². The lowest BCUT2D eigenvalue weighted by Gasteiger charge is -2.22. The van der Waals surface area contributed by atoms with Gasteiger partial charge in [-0.3, -0.25) is 9.69 Å². The molecule has 1 atom stereocenters. The third kappa shape index (κ3) is 5.12. The van der Waals surface area contributed by atoms with E-state index in [0.717, 1.165) is 22.6 Å². The molecule has 2 aromatic rings. The van der Waals surface area contributed by atoms with Crippen molar-refractivity contribution in [3.05, 3.63) is 47.5 Å². The Labute approximate surface area is 171 Å². The Morgan fingerprint density at radius 2 is 1.90 bits per heavy atom. The number of fused-ring (bicyclic) bond motifs is 1. The molecule has 7 heteroatoms. The van der Waals surface area contributed by atoms with Crippen molar-refractivity contribution >= 4 is 5.91 Å². The zero-order valence-corrected chi connectivity index (χ0v) is 17.4. The summed E-state index contributed by atoms with van der Waals surface area (Å²) in [5.74, 6) is 2.77. The van der Waals surface area contributed by atoms with Crippen LogP contribution in [0.25, 0.3) is 0 Å². The number of methoxy groups -OCH3 is 2. The van der Waals surface area contributed by atoms with E-state index in [0.29, 0.717) is 31.3 Å². The Bertz CT molecular complexity index is 855. The highest BCUT2D eigenvalue weighted by molar-refractivity contribution is 5.78. The molecule has 3 rings (SSSR count). The molecule has 1 amide bonds. The highest BCUT2D eigenvalue weighted by atomic mass is 16.6. The smallest absolute Gasteiger partial charge is 0.234 e. The molecule has 0 spiro atoms. The van der Waals surface area contributed by atoms with Crippen molar-refractivity contribution in [1.29, 1.82) is 0 Å². The van der Waals surface area contributed by atoms with Crippen LogP contribution in [0.15, 0.2) is 36.4 Å². The zero-order chi connectivity index (χ0) is 20.8. The summed E-state index contributed by atoms with van der Waals surface area (Å²) in [5, 5.41) is 3.04. The second kappa shape index (κ2) is 9.52. The van der Waals surface area contributed by atoms with Gasteiger partial charge < -0.3 is 24.3 Å². The molecule has 7 nitrogen and oxygen atoms in total. The number of carbonyl (C=O) groups is 1. The van der Waals surface area contributed by atoms with E-state index < -0.39 is 0 Å². The molecule has 0 saturated carbocycles. The average molecular weight is 400 g/mol. The van der Waals surface area contributed by atoms with Crippen LogP contribution in [0.1, 0.15) is 24.1 Å². The number of carbonyl (C=O) groups excluding carboxylic acids is 1. The summed E-state index contributed by atoms with van der Waals surface area (Å²) in [6.07, 6.45) is 0. The number of nitrogens with one attached hydrogen (secondary N) is 1. The number of nitrogens with zero attached hydrogens (tertiary/aromatic N) is 1. The SMILES string of the molecule is COc1cccc(CN(C)CC(=O)NC(C)c2ccc3c(c2)OCCO3)c1OC. The largest absolute Gasteiger partial charge is 0.493 e. The van der Waals surface area contributed by atoms with Crippen molar-refractivity contribution in [2.24, 2.45) is 0 Å². The van der Waals surface area contributed by atoms with E-state index >= 15 is 0 Å². The molecular weight excluding hydrogens is 372 g/mol. The molecule has 1 heterocycles. The first-order valence-corrected chi connectivity index (χ1v) is 9.59. The maximum Gasteiger partial charge on any atom is 0.234 e. The molecule has 29 heavy (non-hydrogen) atoms. The summed E-state index contributed by atoms with van der Waals surface area (Å²) < 4.78 is 22.0. The van der Waals surface area contributed by atoms with E-state index in [1.165, 1.54) is 0 Å². The van der Waals surface area contributed by atoms with E-state index in [1.807, 2.05) is 55.3 Å².